The molecule has 130 valence electrons. The number of hydrogen-bond donors (Lipinski definition) is 3. The molecule has 6 heteroatoms. The van der Waals surface area contributed by atoms with Crippen LogP contribution in [-0.4, -0.2) is 32.8 Å². The minimum atomic E-state index is -0.387. The fourth-order valence-electron chi connectivity index (χ4n) is 2.50. The molecule has 0 saturated carbocycles. The summed E-state index contributed by atoms with van der Waals surface area (Å²) in [5.41, 5.74) is 1.82. The quantitative estimate of drug-likeness (QED) is 0.695. The first-order chi connectivity index (χ1) is 11.5. The van der Waals surface area contributed by atoms with E-state index < -0.39 is 0 Å². The largest absolute Gasteiger partial charge is 0.396 e. The van der Waals surface area contributed by atoms with Crippen molar-refractivity contribution < 1.29 is 9.90 Å². The Labute approximate surface area is 142 Å². The van der Waals surface area contributed by atoms with E-state index in [1.54, 1.807) is 12.5 Å². The van der Waals surface area contributed by atoms with Gasteiger partial charge in [-0.3, -0.25) is 0 Å². The van der Waals surface area contributed by atoms with Crippen LogP contribution in [0.4, 0.5) is 4.79 Å². The number of imidazole rings is 1. The maximum absolute atomic E-state index is 12.1. The van der Waals surface area contributed by atoms with Crippen molar-refractivity contribution in [3.8, 4) is 0 Å². The first-order valence-corrected chi connectivity index (χ1v) is 8.25. The van der Waals surface area contributed by atoms with Gasteiger partial charge in [-0.05, 0) is 30.9 Å². The van der Waals surface area contributed by atoms with Gasteiger partial charge in [-0.1, -0.05) is 31.2 Å². The zero-order valence-corrected chi connectivity index (χ0v) is 14.3. The van der Waals surface area contributed by atoms with Gasteiger partial charge >= 0.3 is 6.03 Å². The monoisotopic (exact) mass is 330 g/mol. The van der Waals surface area contributed by atoms with Crippen molar-refractivity contribution in [3.63, 3.8) is 0 Å². The van der Waals surface area contributed by atoms with Crippen LogP contribution in [0.2, 0.25) is 0 Å². The fourth-order valence-corrected chi connectivity index (χ4v) is 2.50. The topological polar surface area (TPSA) is 79.2 Å². The number of benzene rings is 1. The Hall–Kier alpha value is -2.34. The number of urea groups is 1. The molecule has 1 aromatic heterocycles. The van der Waals surface area contributed by atoms with E-state index in [-0.39, 0.29) is 18.2 Å². The highest BCUT2D eigenvalue weighted by atomic mass is 16.3. The SMILES string of the molecule is CCC(C)(CCO)NC(=O)NCc1cccc(Cn2ccnc2)c1. The number of aliphatic hydroxyl groups excluding tert-OH is 1. The van der Waals surface area contributed by atoms with E-state index >= 15 is 0 Å². The zero-order chi connectivity index (χ0) is 17.4. The van der Waals surface area contributed by atoms with Crippen LogP contribution in [0, 0.1) is 0 Å². The standard InChI is InChI=1S/C18H26N4O2/c1-3-18(2,7-10-23)21-17(24)20-12-15-5-4-6-16(11-15)13-22-9-8-19-14-22/h4-6,8-9,11,14,23H,3,7,10,12-13H2,1-2H3,(H2,20,21,24). The van der Waals surface area contributed by atoms with Gasteiger partial charge in [0.05, 0.1) is 6.33 Å². The number of aromatic nitrogens is 2. The van der Waals surface area contributed by atoms with Gasteiger partial charge in [0.2, 0.25) is 0 Å². The normalized spacial score (nSPS) is 13.3. The molecule has 24 heavy (non-hydrogen) atoms. The van der Waals surface area contributed by atoms with Gasteiger partial charge in [-0.2, -0.15) is 0 Å². The molecule has 0 bridgehead atoms. The molecule has 3 N–H and O–H groups in total. The molecule has 1 unspecified atom stereocenters. The number of hydrogen-bond acceptors (Lipinski definition) is 3. The molecule has 1 atom stereocenters. The molecule has 0 aliphatic carbocycles. The molecule has 2 amide bonds. The molecule has 0 radical (unpaired) electrons. The third-order valence-electron chi connectivity index (χ3n) is 4.23. The maximum Gasteiger partial charge on any atom is 0.315 e. The number of amides is 2. The van der Waals surface area contributed by atoms with Crippen LogP contribution in [0.15, 0.2) is 43.0 Å². The lowest BCUT2D eigenvalue weighted by atomic mass is 9.95. The summed E-state index contributed by atoms with van der Waals surface area (Å²) in [5, 5.41) is 14.9. The molecule has 1 aromatic carbocycles. The number of carbonyl (C=O) groups is 1. The van der Waals surface area contributed by atoms with Crippen molar-refractivity contribution in [2.45, 2.75) is 45.3 Å². The highest BCUT2D eigenvalue weighted by Crippen LogP contribution is 2.13. The third kappa shape index (κ3) is 5.38. The summed E-state index contributed by atoms with van der Waals surface area (Å²) < 4.78 is 2.00. The highest BCUT2D eigenvalue weighted by Gasteiger charge is 2.23. The number of aliphatic hydroxyl groups is 1. The molecule has 0 fully saturated rings. The summed E-state index contributed by atoms with van der Waals surface area (Å²) in [6.07, 6.45) is 6.77. The Morgan fingerprint density at radius 1 is 1.38 bits per heavy atom. The average Bonchev–Trinajstić information content (AvgIpc) is 3.06. The summed E-state index contributed by atoms with van der Waals surface area (Å²) >= 11 is 0. The van der Waals surface area contributed by atoms with E-state index in [0.717, 1.165) is 24.1 Å². The van der Waals surface area contributed by atoms with Gasteiger partial charge in [0, 0.05) is 37.6 Å². The molecule has 2 rings (SSSR count). The molecule has 0 aliphatic rings. The van der Waals surface area contributed by atoms with Crippen LogP contribution in [0.3, 0.4) is 0 Å². The summed E-state index contributed by atoms with van der Waals surface area (Å²) in [5.74, 6) is 0. The molecule has 0 aliphatic heterocycles. The van der Waals surface area contributed by atoms with E-state index in [9.17, 15) is 4.79 Å². The summed E-state index contributed by atoms with van der Waals surface area (Å²) in [7, 11) is 0. The van der Waals surface area contributed by atoms with Crippen molar-refractivity contribution >= 4 is 6.03 Å². The summed E-state index contributed by atoms with van der Waals surface area (Å²) in [6.45, 7) is 5.21. The number of carbonyl (C=O) groups excluding carboxylic acids is 1. The Bertz CT molecular complexity index is 642. The van der Waals surface area contributed by atoms with E-state index in [1.807, 2.05) is 36.7 Å². The van der Waals surface area contributed by atoms with Crippen LogP contribution in [0.5, 0.6) is 0 Å². The minimum Gasteiger partial charge on any atom is -0.396 e. The van der Waals surface area contributed by atoms with Crippen molar-refractivity contribution in [2.24, 2.45) is 0 Å². The first kappa shape index (κ1) is 18.0. The number of nitrogens with one attached hydrogen (secondary N) is 2. The highest BCUT2D eigenvalue weighted by molar-refractivity contribution is 5.74. The van der Waals surface area contributed by atoms with Crippen molar-refractivity contribution in [3.05, 3.63) is 54.1 Å². The minimum absolute atomic E-state index is 0.0565. The Kier molecular flexibility index (Phi) is 6.37. The van der Waals surface area contributed by atoms with Crippen LogP contribution >= 0.6 is 0 Å². The molecule has 1 heterocycles. The van der Waals surface area contributed by atoms with Gasteiger partial charge < -0.3 is 20.3 Å². The van der Waals surface area contributed by atoms with Crippen molar-refractivity contribution in [2.75, 3.05) is 6.61 Å². The first-order valence-electron chi connectivity index (χ1n) is 8.25. The summed E-state index contributed by atoms with van der Waals surface area (Å²) in [4.78, 5) is 16.1. The Morgan fingerprint density at radius 2 is 2.17 bits per heavy atom. The van der Waals surface area contributed by atoms with Crippen molar-refractivity contribution in [1.29, 1.82) is 0 Å². The second-order valence-corrected chi connectivity index (χ2v) is 6.25. The maximum atomic E-state index is 12.1. The predicted molar refractivity (Wildman–Crippen MR) is 93.5 cm³/mol. The molecule has 2 aromatic rings. The van der Waals surface area contributed by atoms with E-state index in [1.165, 1.54) is 0 Å². The van der Waals surface area contributed by atoms with Crippen LogP contribution in [0.25, 0.3) is 0 Å². The van der Waals surface area contributed by atoms with Gasteiger partial charge in [0.25, 0.3) is 0 Å². The number of nitrogens with zero attached hydrogens (tertiary/aromatic N) is 2. The molecule has 0 saturated heterocycles. The van der Waals surface area contributed by atoms with Crippen LogP contribution in [0.1, 0.15) is 37.8 Å². The number of rotatable bonds is 8. The molecule has 0 spiro atoms. The molecular formula is C18H26N4O2. The van der Waals surface area contributed by atoms with Crippen molar-refractivity contribution in [1.82, 2.24) is 20.2 Å². The van der Waals surface area contributed by atoms with Gasteiger partial charge in [0.1, 0.15) is 0 Å². The summed E-state index contributed by atoms with van der Waals surface area (Å²) in [6, 6.07) is 7.90. The lowest BCUT2D eigenvalue weighted by Crippen LogP contribution is -2.50. The lowest BCUT2D eigenvalue weighted by molar-refractivity contribution is 0.200. The Balaban J connectivity index is 1.88. The average molecular weight is 330 g/mol. The zero-order valence-electron chi connectivity index (χ0n) is 14.3. The smallest absolute Gasteiger partial charge is 0.315 e. The van der Waals surface area contributed by atoms with Gasteiger partial charge in [-0.15, -0.1) is 0 Å². The Morgan fingerprint density at radius 3 is 2.83 bits per heavy atom. The third-order valence-corrected chi connectivity index (χ3v) is 4.23. The molecular weight excluding hydrogens is 304 g/mol. The van der Waals surface area contributed by atoms with E-state index in [0.29, 0.717) is 13.0 Å². The fraction of sp³-hybridized carbons (Fsp3) is 0.444. The van der Waals surface area contributed by atoms with Gasteiger partial charge in [-0.25, -0.2) is 9.78 Å². The lowest BCUT2D eigenvalue weighted by Gasteiger charge is -2.29. The van der Waals surface area contributed by atoms with E-state index in [4.69, 9.17) is 5.11 Å². The second kappa shape index (κ2) is 8.49. The second-order valence-electron chi connectivity index (χ2n) is 6.25. The van der Waals surface area contributed by atoms with Crippen LogP contribution < -0.4 is 10.6 Å². The molecule has 6 nitrogen and oxygen atoms in total. The van der Waals surface area contributed by atoms with E-state index in [2.05, 4.69) is 27.8 Å². The predicted octanol–water partition coefficient (Wildman–Crippen LogP) is 2.28. The van der Waals surface area contributed by atoms with Crippen LogP contribution in [-0.2, 0) is 13.1 Å². The van der Waals surface area contributed by atoms with Gasteiger partial charge in [0.15, 0.2) is 0 Å².